The van der Waals surface area contributed by atoms with E-state index < -0.39 is 55.0 Å². The third-order valence-corrected chi connectivity index (χ3v) is 2.10. The number of carbonyl (C=O) groups is 4. The van der Waals surface area contributed by atoms with E-state index in [4.69, 9.17) is 10.2 Å². The molecule has 2 atom stereocenters. The van der Waals surface area contributed by atoms with Gasteiger partial charge < -0.3 is 24.8 Å². The van der Waals surface area contributed by atoms with Gasteiger partial charge in [-0.3, -0.25) is 9.59 Å². The number of hydrogen-bond donors (Lipinski definition) is 3. The van der Waals surface area contributed by atoms with Crippen molar-refractivity contribution in [3.8, 4) is 0 Å². The number of aliphatic carboxylic acids is 2. The molecule has 3 N–H and O–H groups in total. The van der Waals surface area contributed by atoms with Crippen LogP contribution in [-0.4, -0.2) is 70.4 Å². The molecular weight excluding hydrogens is 276 g/mol. The van der Waals surface area contributed by atoms with Crippen molar-refractivity contribution >= 4 is 23.5 Å². The van der Waals surface area contributed by atoms with E-state index in [0.29, 0.717) is 0 Å². The first-order valence-corrected chi connectivity index (χ1v) is 5.54. The fraction of sp³-hybridized carbons (Fsp3) is 0.636. The molecule has 20 heavy (non-hydrogen) atoms. The molecule has 0 spiro atoms. The Morgan fingerprint density at radius 2 is 1.15 bits per heavy atom. The summed E-state index contributed by atoms with van der Waals surface area (Å²) in [6.07, 6.45) is -4.81. The first kappa shape index (κ1) is 18.2. The molecule has 0 aliphatic heterocycles. The second kappa shape index (κ2) is 8.35. The lowest BCUT2D eigenvalue weighted by atomic mass is 10.2. The van der Waals surface area contributed by atoms with Gasteiger partial charge in [-0.25, -0.2) is 9.59 Å². The number of carbonyl (C=O) groups excluding carboxylic acids is 2. The van der Waals surface area contributed by atoms with Crippen LogP contribution in [0.1, 0.15) is 13.8 Å². The Morgan fingerprint density at radius 3 is 1.35 bits per heavy atom. The zero-order valence-corrected chi connectivity index (χ0v) is 10.9. The van der Waals surface area contributed by atoms with Crippen molar-refractivity contribution < 1.29 is 44.0 Å². The van der Waals surface area contributed by atoms with Gasteiger partial charge in [-0.2, -0.15) is 0 Å². The topological polar surface area (TPSA) is 147 Å². The van der Waals surface area contributed by atoms with Crippen LogP contribution in [0.2, 0.25) is 0 Å². The van der Waals surface area contributed by atoms with Gasteiger partial charge in [0.15, 0.2) is 11.6 Å². The molecule has 0 heterocycles. The Morgan fingerprint density at radius 1 is 0.850 bits per heavy atom. The molecule has 114 valence electrons. The summed E-state index contributed by atoms with van der Waals surface area (Å²) in [5.41, 5.74) is 0. The van der Waals surface area contributed by atoms with Crippen LogP contribution in [0, 0.1) is 0 Å². The van der Waals surface area contributed by atoms with E-state index in [-0.39, 0.29) is 0 Å². The van der Waals surface area contributed by atoms with Crippen molar-refractivity contribution in [3.63, 3.8) is 0 Å². The van der Waals surface area contributed by atoms with Gasteiger partial charge in [-0.15, -0.1) is 0 Å². The van der Waals surface area contributed by atoms with Crippen molar-refractivity contribution in [1.29, 1.82) is 0 Å². The van der Waals surface area contributed by atoms with Crippen molar-refractivity contribution in [3.05, 3.63) is 0 Å². The number of carboxylic acid groups (broad SMARTS) is 2. The number of rotatable bonds is 10. The molecular formula is C11H16O9. The molecule has 0 aromatic carbocycles. The quantitative estimate of drug-likeness (QED) is 0.407. The SMILES string of the molecule is CC(=O)C(OCC(O)COC(C(C)=O)C(=O)O)C(=O)O. The van der Waals surface area contributed by atoms with Crippen molar-refractivity contribution in [2.24, 2.45) is 0 Å². The summed E-state index contributed by atoms with van der Waals surface area (Å²) >= 11 is 0. The molecule has 0 aliphatic rings. The predicted molar refractivity (Wildman–Crippen MR) is 62.1 cm³/mol. The van der Waals surface area contributed by atoms with E-state index >= 15 is 0 Å². The number of hydrogen-bond acceptors (Lipinski definition) is 7. The maximum Gasteiger partial charge on any atom is 0.340 e. The number of ketones is 2. The van der Waals surface area contributed by atoms with E-state index in [9.17, 15) is 24.3 Å². The largest absolute Gasteiger partial charge is 0.479 e. The van der Waals surface area contributed by atoms with Crippen LogP contribution in [0.4, 0.5) is 0 Å². The number of aliphatic hydroxyl groups is 1. The molecule has 0 aromatic rings. The van der Waals surface area contributed by atoms with E-state index in [1.165, 1.54) is 0 Å². The Balaban J connectivity index is 4.26. The molecule has 0 bridgehead atoms. The van der Waals surface area contributed by atoms with Crippen molar-refractivity contribution in [2.75, 3.05) is 13.2 Å². The zero-order chi connectivity index (χ0) is 15.9. The monoisotopic (exact) mass is 292 g/mol. The fourth-order valence-corrected chi connectivity index (χ4v) is 1.19. The Hall–Kier alpha value is -1.84. The molecule has 0 saturated heterocycles. The van der Waals surface area contributed by atoms with Crippen LogP contribution >= 0.6 is 0 Å². The van der Waals surface area contributed by atoms with Crippen molar-refractivity contribution in [1.82, 2.24) is 0 Å². The summed E-state index contributed by atoms with van der Waals surface area (Å²) in [5.74, 6) is -4.51. The third kappa shape index (κ3) is 6.36. The Bertz CT molecular complexity index is 325. The minimum atomic E-state index is -1.72. The first-order chi connectivity index (χ1) is 9.16. The summed E-state index contributed by atoms with van der Waals surface area (Å²) in [7, 11) is 0. The van der Waals surface area contributed by atoms with Gasteiger partial charge in [0.25, 0.3) is 0 Å². The molecule has 0 fully saturated rings. The zero-order valence-electron chi connectivity index (χ0n) is 10.9. The molecule has 2 unspecified atom stereocenters. The summed E-state index contributed by atoms with van der Waals surface area (Å²) in [4.78, 5) is 43.0. The molecule has 0 amide bonds. The van der Waals surface area contributed by atoms with Gasteiger partial charge in [0.1, 0.15) is 6.10 Å². The highest BCUT2D eigenvalue weighted by molar-refractivity contribution is 6.00. The van der Waals surface area contributed by atoms with Crippen LogP contribution in [0.15, 0.2) is 0 Å². The lowest BCUT2D eigenvalue weighted by Crippen LogP contribution is -2.37. The summed E-state index contributed by atoms with van der Waals surface area (Å²) < 4.78 is 9.34. The Labute approximate surface area is 114 Å². The maximum atomic E-state index is 10.9. The highest BCUT2D eigenvalue weighted by atomic mass is 16.5. The lowest BCUT2D eigenvalue weighted by molar-refractivity contribution is -0.161. The second-order valence-corrected chi connectivity index (χ2v) is 3.98. The molecule has 9 nitrogen and oxygen atoms in total. The third-order valence-electron chi connectivity index (χ3n) is 2.10. The van der Waals surface area contributed by atoms with Crippen molar-refractivity contribution in [2.45, 2.75) is 32.2 Å². The minimum absolute atomic E-state index is 0.555. The van der Waals surface area contributed by atoms with Crippen LogP contribution in [0.25, 0.3) is 0 Å². The van der Waals surface area contributed by atoms with Gasteiger partial charge >= 0.3 is 11.9 Å². The standard InChI is InChI=1S/C11H16O9/c1-5(12)8(10(15)16)19-3-7(14)4-20-9(6(2)13)11(17)18/h7-9,14H,3-4H2,1-2H3,(H,15,16)(H,17,18). The van der Waals surface area contributed by atoms with Crippen LogP contribution < -0.4 is 0 Å². The van der Waals surface area contributed by atoms with E-state index in [1.807, 2.05) is 0 Å². The molecule has 0 rings (SSSR count). The smallest absolute Gasteiger partial charge is 0.340 e. The highest BCUT2D eigenvalue weighted by Gasteiger charge is 2.27. The van der Waals surface area contributed by atoms with Gasteiger partial charge in [0.2, 0.25) is 12.2 Å². The number of carboxylic acids is 2. The number of aliphatic hydroxyl groups excluding tert-OH is 1. The summed E-state index contributed by atoms with van der Waals surface area (Å²) in [5, 5.41) is 26.7. The molecule has 0 saturated carbocycles. The predicted octanol–water partition coefficient (Wildman–Crippen LogP) is -1.54. The van der Waals surface area contributed by atoms with Gasteiger partial charge in [-0.1, -0.05) is 0 Å². The van der Waals surface area contributed by atoms with Gasteiger partial charge in [0.05, 0.1) is 13.2 Å². The second-order valence-electron chi connectivity index (χ2n) is 3.98. The fourth-order valence-electron chi connectivity index (χ4n) is 1.19. The van der Waals surface area contributed by atoms with Crippen LogP contribution in [0.5, 0.6) is 0 Å². The first-order valence-electron chi connectivity index (χ1n) is 5.54. The molecule has 0 aromatic heterocycles. The van der Waals surface area contributed by atoms with E-state index in [2.05, 4.69) is 9.47 Å². The van der Waals surface area contributed by atoms with Gasteiger partial charge in [0, 0.05) is 0 Å². The maximum absolute atomic E-state index is 10.9. The average Bonchev–Trinajstić information content (AvgIpc) is 2.27. The van der Waals surface area contributed by atoms with E-state index in [1.54, 1.807) is 0 Å². The average molecular weight is 292 g/mol. The number of ether oxygens (including phenoxy) is 2. The Kier molecular flexibility index (Phi) is 7.59. The van der Waals surface area contributed by atoms with Gasteiger partial charge in [-0.05, 0) is 13.8 Å². The van der Waals surface area contributed by atoms with Crippen LogP contribution in [-0.2, 0) is 28.7 Å². The molecule has 0 radical (unpaired) electrons. The lowest BCUT2D eigenvalue weighted by Gasteiger charge is -2.16. The van der Waals surface area contributed by atoms with E-state index in [0.717, 1.165) is 13.8 Å². The van der Waals surface area contributed by atoms with Crippen LogP contribution in [0.3, 0.4) is 0 Å². The normalized spacial score (nSPS) is 15.2. The molecule has 0 aliphatic carbocycles. The summed E-state index contributed by atoms with van der Waals surface area (Å²) in [6.45, 7) is 0.914. The molecule has 9 heteroatoms. The number of Topliss-reactive ketones (excluding diaryl/α,β-unsaturated/α-hetero) is 2. The summed E-state index contributed by atoms with van der Waals surface area (Å²) in [6, 6.07) is 0. The minimum Gasteiger partial charge on any atom is -0.479 e. The highest BCUT2D eigenvalue weighted by Crippen LogP contribution is 2.00.